The molecule has 0 saturated heterocycles. The smallest absolute Gasteiger partial charge is 0.206 e. The van der Waals surface area contributed by atoms with Crippen molar-refractivity contribution in [2.75, 3.05) is 18.0 Å². The van der Waals surface area contributed by atoms with Crippen molar-refractivity contribution >= 4 is 37.2 Å². The number of nitrogen functional groups attached to an aromatic ring is 1. The molecule has 2 aromatic heterocycles. The first-order valence-corrected chi connectivity index (χ1v) is 12.6. The van der Waals surface area contributed by atoms with Gasteiger partial charge in [0.2, 0.25) is 5.82 Å². The highest BCUT2D eigenvalue weighted by molar-refractivity contribution is 7.99. The van der Waals surface area contributed by atoms with Gasteiger partial charge in [-0.05, 0) is 48.2 Å². The fraction of sp³-hybridized carbons (Fsp3) is 0.222. The Kier molecular flexibility index (Phi) is 7.86. The summed E-state index contributed by atoms with van der Waals surface area (Å²) >= 11 is 0. The van der Waals surface area contributed by atoms with Crippen molar-refractivity contribution in [3.8, 4) is 22.5 Å². The number of tetrazole rings is 1. The average Bonchev–Trinajstić information content (AvgIpc) is 3.22. The molecule has 178 valence electrons. The van der Waals surface area contributed by atoms with E-state index in [1.807, 2.05) is 0 Å². The van der Waals surface area contributed by atoms with Crippen molar-refractivity contribution in [3.63, 3.8) is 0 Å². The number of aliphatic carboxylic acids is 1. The normalized spacial score (nSPS) is 13.0. The van der Waals surface area contributed by atoms with E-state index in [2.05, 4.69) is 31.5 Å². The van der Waals surface area contributed by atoms with Gasteiger partial charge in [-0.25, -0.2) is 17.6 Å². The number of carboxylic acid groups (broad SMARTS) is 1. The number of aromatic nitrogens is 5. The molecule has 0 aliphatic rings. The van der Waals surface area contributed by atoms with Crippen LogP contribution in [-0.2, 0) is 24.3 Å². The fourth-order valence-corrected chi connectivity index (χ4v) is 5.83. The number of hydrogen-bond acceptors (Lipinski definition) is 11. The summed E-state index contributed by atoms with van der Waals surface area (Å²) in [6.07, 6.45) is 1.50. The van der Waals surface area contributed by atoms with Crippen LogP contribution in [0.25, 0.3) is 22.5 Å². The number of benzene rings is 1. The lowest BCUT2D eigenvalue weighted by Gasteiger charge is -2.18. The molecule has 13 nitrogen and oxygen atoms in total. The van der Waals surface area contributed by atoms with Gasteiger partial charge in [-0.2, -0.15) is 5.21 Å². The molecule has 1 unspecified atom stereocenters. The minimum Gasteiger partial charge on any atom is -0.550 e. The van der Waals surface area contributed by atoms with Crippen molar-refractivity contribution < 1.29 is 22.5 Å². The van der Waals surface area contributed by atoms with E-state index in [0.29, 0.717) is 22.5 Å². The third kappa shape index (κ3) is 6.10. The molecule has 0 spiro atoms. The second kappa shape index (κ2) is 10.0. The quantitative estimate of drug-likeness (QED) is 0.280. The highest BCUT2D eigenvalue weighted by Crippen LogP contribution is 2.39. The molecule has 15 heteroatoms. The van der Waals surface area contributed by atoms with Crippen molar-refractivity contribution in [2.45, 2.75) is 23.6 Å². The van der Waals surface area contributed by atoms with Crippen molar-refractivity contribution in [3.05, 3.63) is 30.0 Å². The number of nitrogens with zero attached hydrogens (tertiary/aromatic N) is 4. The van der Waals surface area contributed by atoms with Crippen LogP contribution in [0, 0.1) is 6.92 Å². The van der Waals surface area contributed by atoms with Gasteiger partial charge in [-0.1, -0.05) is 6.07 Å². The lowest BCUT2D eigenvalue weighted by atomic mass is 9.99. The zero-order chi connectivity index (χ0) is 25.0. The molecule has 33 heavy (non-hydrogen) atoms. The van der Waals surface area contributed by atoms with E-state index in [4.69, 9.17) is 26.5 Å². The third-order valence-electron chi connectivity index (χ3n) is 4.19. The van der Waals surface area contributed by atoms with Gasteiger partial charge in [0.1, 0.15) is 5.82 Å². The molecule has 7 N–H and O–H groups in total. The zero-order valence-corrected chi connectivity index (χ0v) is 19.4. The number of hydrogen-bond donors (Lipinski definition) is 4. The summed E-state index contributed by atoms with van der Waals surface area (Å²) in [6.45, 7) is 2.62. The Balaban J connectivity index is 0.000000890. The predicted octanol–water partition coefficient (Wildman–Crippen LogP) is -1.74. The second-order valence-corrected chi connectivity index (χ2v) is 10.7. The molecular weight excluding hydrogens is 472 g/mol. The van der Waals surface area contributed by atoms with E-state index in [-0.39, 0.29) is 33.5 Å². The number of aryl methyl sites for hydroxylation is 1. The van der Waals surface area contributed by atoms with Gasteiger partial charge < -0.3 is 21.4 Å². The van der Waals surface area contributed by atoms with Crippen LogP contribution < -0.4 is 21.7 Å². The maximum absolute atomic E-state index is 12.9. The van der Waals surface area contributed by atoms with E-state index < -0.39 is 25.5 Å². The zero-order valence-electron chi connectivity index (χ0n) is 17.8. The maximum atomic E-state index is 12.9. The number of nitrogens with one attached hydrogen (secondary N) is 1. The molecule has 0 bridgehead atoms. The lowest BCUT2D eigenvalue weighted by molar-refractivity contribution is -0.302. The Morgan fingerprint density at radius 1 is 1.27 bits per heavy atom. The Bertz CT molecular complexity index is 1370. The molecule has 1 aromatic carbocycles. The van der Waals surface area contributed by atoms with E-state index in [0.717, 1.165) is 6.92 Å². The first kappa shape index (κ1) is 25.9. The van der Waals surface area contributed by atoms with Gasteiger partial charge in [0.25, 0.3) is 0 Å². The molecular formula is C18H23N8O5S2-. The number of nitrogens with two attached hydrogens (primary N) is 3. The molecule has 0 fully saturated rings. The Labute approximate surface area is 190 Å². The van der Waals surface area contributed by atoms with Gasteiger partial charge in [0.05, 0.1) is 25.3 Å². The van der Waals surface area contributed by atoms with Crippen LogP contribution >= 0.6 is 0 Å². The van der Waals surface area contributed by atoms with E-state index in [1.54, 1.807) is 13.0 Å². The topological polar surface area (TPSA) is 237 Å². The largest absolute Gasteiger partial charge is 0.550 e. The van der Waals surface area contributed by atoms with Crippen LogP contribution in [0.15, 0.2) is 34.2 Å². The molecule has 2 heterocycles. The summed E-state index contributed by atoms with van der Waals surface area (Å²) in [5, 5.41) is 28.4. The van der Waals surface area contributed by atoms with E-state index in [9.17, 15) is 12.6 Å². The van der Waals surface area contributed by atoms with Crippen molar-refractivity contribution in [1.29, 1.82) is 0 Å². The van der Waals surface area contributed by atoms with Crippen LogP contribution in [0.2, 0.25) is 0 Å². The van der Waals surface area contributed by atoms with Crippen LogP contribution in [0.3, 0.4) is 0 Å². The minimum absolute atomic E-state index is 0.0103. The van der Waals surface area contributed by atoms with E-state index in [1.165, 1.54) is 18.3 Å². The number of carbonyl (C=O) groups excluding carboxylic acids is 1. The molecule has 0 aliphatic carbocycles. The summed E-state index contributed by atoms with van der Waals surface area (Å²) in [4.78, 5) is 12.6. The third-order valence-corrected chi connectivity index (χ3v) is 7.22. The second-order valence-electron chi connectivity index (χ2n) is 6.80. The molecule has 3 aromatic rings. The SMILES string of the molecule is C=S(N)(=O)c1c(S(=O)(=O)CCN)ccc(-c2cnc(N)c(C)c2)c1-c1nn[nH]n1.CC(=O)[O-]. The molecule has 1 atom stereocenters. The Morgan fingerprint density at radius 3 is 2.39 bits per heavy atom. The van der Waals surface area contributed by atoms with Gasteiger partial charge in [-0.3, -0.25) is 5.14 Å². The van der Waals surface area contributed by atoms with Gasteiger partial charge >= 0.3 is 0 Å². The van der Waals surface area contributed by atoms with Gasteiger partial charge in [-0.15, -0.1) is 10.2 Å². The van der Waals surface area contributed by atoms with Crippen LogP contribution in [0.1, 0.15) is 12.5 Å². The summed E-state index contributed by atoms with van der Waals surface area (Å²) in [5.74, 6) is 2.41. The molecule has 0 aliphatic heterocycles. The lowest BCUT2D eigenvalue weighted by Crippen LogP contribution is -2.22. The minimum atomic E-state index is -3.90. The van der Waals surface area contributed by atoms with Gasteiger partial charge in [0, 0.05) is 29.8 Å². The standard InChI is InChI=1S/C16H20N8O3S2.C2H4O2/c1-9-7-10(8-20-15(9)18)11-3-4-12(29(26,27)6-5-17)14(28(2,19)25)13(11)16-21-23-24-22-16;1-2(3)4/h3-4,7-8H,2,5-6,17H2,1H3,(H2,18,20)(H2,19,25)(H,21,22,23,24);1H3,(H,3,4)/p-1. The fourth-order valence-electron chi connectivity index (χ4n) is 2.88. The number of carbonyl (C=O) groups is 1. The molecule has 0 amide bonds. The number of carboxylic acids is 1. The van der Waals surface area contributed by atoms with E-state index >= 15 is 0 Å². The number of H-pyrrole nitrogens is 1. The number of rotatable bonds is 6. The van der Waals surface area contributed by atoms with Crippen molar-refractivity contribution in [1.82, 2.24) is 25.6 Å². The number of anilines is 1. The van der Waals surface area contributed by atoms with Crippen LogP contribution in [0.4, 0.5) is 5.82 Å². The van der Waals surface area contributed by atoms with Crippen molar-refractivity contribution in [2.24, 2.45) is 10.9 Å². The summed E-state index contributed by atoms with van der Waals surface area (Å²) in [5.41, 5.74) is 13.1. The maximum Gasteiger partial charge on any atom is 0.206 e. The summed E-state index contributed by atoms with van der Waals surface area (Å²) < 4.78 is 38.5. The molecule has 3 rings (SSSR count). The van der Waals surface area contributed by atoms with Gasteiger partial charge in [0.15, 0.2) is 9.84 Å². The number of sulfone groups is 1. The van der Waals surface area contributed by atoms with Crippen LogP contribution in [-0.4, -0.2) is 62.4 Å². The number of aromatic amines is 1. The first-order chi connectivity index (χ1) is 15.3. The Morgan fingerprint density at radius 2 is 1.91 bits per heavy atom. The highest BCUT2D eigenvalue weighted by Gasteiger charge is 2.29. The Hall–Kier alpha value is -3.40. The highest BCUT2D eigenvalue weighted by atomic mass is 32.2. The number of pyridine rings is 1. The molecule has 0 saturated carbocycles. The van der Waals surface area contributed by atoms with Crippen LogP contribution in [0.5, 0.6) is 0 Å². The monoisotopic (exact) mass is 495 g/mol. The first-order valence-electron chi connectivity index (χ1n) is 9.18. The summed E-state index contributed by atoms with van der Waals surface area (Å²) in [7, 11) is -7.42. The average molecular weight is 496 g/mol. The summed E-state index contributed by atoms with van der Waals surface area (Å²) in [6, 6.07) is 4.61. The molecule has 0 radical (unpaired) electrons. The predicted molar refractivity (Wildman–Crippen MR) is 121 cm³/mol.